The third kappa shape index (κ3) is 4.43. The van der Waals surface area contributed by atoms with Gasteiger partial charge in [-0.3, -0.25) is 9.69 Å². The summed E-state index contributed by atoms with van der Waals surface area (Å²) in [6, 6.07) is 6.21. The lowest BCUT2D eigenvalue weighted by Gasteiger charge is -2.30. The highest BCUT2D eigenvalue weighted by atomic mass is 19.1. The Morgan fingerprint density at radius 1 is 1.26 bits per heavy atom. The summed E-state index contributed by atoms with van der Waals surface area (Å²) in [5.74, 6) is 0.808. The highest BCUT2D eigenvalue weighted by Crippen LogP contribution is 2.19. The molecule has 0 unspecified atom stereocenters. The van der Waals surface area contributed by atoms with Gasteiger partial charge in [0.2, 0.25) is 0 Å². The number of piperidine rings is 1. The van der Waals surface area contributed by atoms with Gasteiger partial charge in [0.25, 0.3) is 0 Å². The average molecular weight is 263 g/mol. The molecule has 1 heterocycles. The quantitative estimate of drug-likeness (QED) is 0.813. The van der Waals surface area contributed by atoms with Crippen LogP contribution in [-0.4, -0.2) is 30.3 Å². The molecule has 3 heteroatoms. The van der Waals surface area contributed by atoms with Gasteiger partial charge >= 0.3 is 0 Å². The SMILES string of the molecule is CCC1CCN(CC(=O)Cc2ccc(F)cc2)CC1. The van der Waals surface area contributed by atoms with E-state index in [0.29, 0.717) is 13.0 Å². The smallest absolute Gasteiger partial charge is 0.151 e. The number of likely N-dealkylation sites (tertiary alicyclic amines) is 1. The Hall–Kier alpha value is -1.22. The van der Waals surface area contributed by atoms with Gasteiger partial charge in [-0.1, -0.05) is 25.5 Å². The normalized spacial score (nSPS) is 17.6. The number of rotatable bonds is 5. The maximum atomic E-state index is 12.8. The molecule has 104 valence electrons. The van der Waals surface area contributed by atoms with Gasteiger partial charge in [0, 0.05) is 6.42 Å². The van der Waals surface area contributed by atoms with Gasteiger partial charge in [-0.25, -0.2) is 4.39 Å². The minimum atomic E-state index is -0.252. The van der Waals surface area contributed by atoms with Crippen LogP contribution in [0.15, 0.2) is 24.3 Å². The molecule has 1 aliphatic heterocycles. The second kappa shape index (κ2) is 6.80. The van der Waals surface area contributed by atoms with Crippen LogP contribution in [-0.2, 0) is 11.2 Å². The first-order valence-corrected chi connectivity index (χ1v) is 7.16. The molecule has 0 atom stereocenters. The van der Waals surface area contributed by atoms with Crippen LogP contribution in [0.5, 0.6) is 0 Å². The van der Waals surface area contributed by atoms with Crippen molar-refractivity contribution in [3.8, 4) is 0 Å². The molecule has 1 saturated heterocycles. The van der Waals surface area contributed by atoms with Crippen LogP contribution < -0.4 is 0 Å². The topological polar surface area (TPSA) is 20.3 Å². The summed E-state index contributed by atoms with van der Waals surface area (Å²) in [5.41, 5.74) is 0.898. The Bertz CT molecular complexity index is 407. The summed E-state index contributed by atoms with van der Waals surface area (Å²) >= 11 is 0. The fourth-order valence-electron chi connectivity index (χ4n) is 2.69. The van der Waals surface area contributed by atoms with Crippen LogP contribution in [0.3, 0.4) is 0 Å². The van der Waals surface area contributed by atoms with E-state index >= 15 is 0 Å². The van der Waals surface area contributed by atoms with Gasteiger partial charge < -0.3 is 0 Å². The zero-order valence-electron chi connectivity index (χ0n) is 11.6. The van der Waals surface area contributed by atoms with Crippen LogP contribution in [0.25, 0.3) is 0 Å². The van der Waals surface area contributed by atoms with E-state index in [1.54, 1.807) is 12.1 Å². The van der Waals surface area contributed by atoms with E-state index in [0.717, 1.165) is 24.6 Å². The fraction of sp³-hybridized carbons (Fsp3) is 0.562. The van der Waals surface area contributed by atoms with E-state index < -0.39 is 0 Å². The predicted octanol–water partition coefficient (Wildman–Crippen LogP) is 3.06. The molecule has 0 N–H and O–H groups in total. The van der Waals surface area contributed by atoms with E-state index in [1.807, 2.05) is 0 Å². The summed E-state index contributed by atoms with van der Waals surface area (Å²) in [5, 5.41) is 0. The molecule has 0 radical (unpaired) electrons. The summed E-state index contributed by atoms with van der Waals surface area (Å²) in [7, 11) is 0. The summed E-state index contributed by atoms with van der Waals surface area (Å²) in [4.78, 5) is 14.2. The van der Waals surface area contributed by atoms with Crippen LogP contribution in [0.2, 0.25) is 0 Å². The Kier molecular flexibility index (Phi) is 5.08. The number of carbonyl (C=O) groups is 1. The second-order valence-corrected chi connectivity index (χ2v) is 5.47. The van der Waals surface area contributed by atoms with Crippen molar-refractivity contribution in [3.63, 3.8) is 0 Å². The Balaban J connectivity index is 1.77. The van der Waals surface area contributed by atoms with Crippen molar-refractivity contribution in [2.24, 2.45) is 5.92 Å². The van der Waals surface area contributed by atoms with Gasteiger partial charge in [-0.15, -0.1) is 0 Å². The molecular weight excluding hydrogens is 241 g/mol. The molecule has 1 aliphatic rings. The predicted molar refractivity (Wildman–Crippen MR) is 74.6 cm³/mol. The molecule has 2 nitrogen and oxygen atoms in total. The molecule has 0 aliphatic carbocycles. The number of halogens is 1. The minimum Gasteiger partial charge on any atom is -0.298 e. The number of hydrogen-bond acceptors (Lipinski definition) is 2. The van der Waals surface area contributed by atoms with Crippen LogP contribution in [0, 0.1) is 11.7 Å². The van der Waals surface area contributed by atoms with Crippen molar-refractivity contribution in [2.75, 3.05) is 19.6 Å². The van der Waals surface area contributed by atoms with E-state index in [-0.39, 0.29) is 11.6 Å². The van der Waals surface area contributed by atoms with Crippen molar-refractivity contribution < 1.29 is 9.18 Å². The van der Waals surface area contributed by atoms with E-state index in [9.17, 15) is 9.18 Å². The third-order valence-corrected chi connectivity index (χ3v) is 4.00. The molecule has 19 heavy (non-hydrogen) atoms. The van der Waals surface area contributed by atoms with Gasteiger partial charge in [-0.05, 0) is 49.5 Å². The number of benzene rings is 1. The molecule has 1 fully saturated rings. The number of hydrogen-bond donors (Lipinski definition) is 0. The summed E-state index contributed by atoms with van der Waals surface area (Å²) in [6.07, 6.45) is 4.08. The summed E-state index contributed by atoms with van der Waals surface area (Å²) in [6.45, 7) is 4.84. The Morgan fingerprint density at radius 3 is 2.47 bits per heavy atom. The number of carbonyl (C=O) groups excluding carboxylic acids is 1. The summed E-state index contributed by atoms with van der Waals surface area (Å²) < 4.78 is 12.8. The molecule has 0 amide bonds. The van der Waals surface area contributed by atoms with Crippen LogP contribution >= 0.6 is 0 Å². The lowest BCUT2D eigenvalue weighted by molar-refractivity contribution is -0.119. The van der Waals surface area contributed by atoms with Crippen molar-refractivity contribution in [2.45, 2.75) is 32.6 Å². The van der Waals surface area contributed by atoms with Crippen LogP contribution in [0.4, 0.5) is 4.39 Å². The number of Topliss-reactive ketones (excluding diaryl/α,β-unsaturated/α-hetero) is 1. The molecular formula is C16H22FNO. The van der Waals surface area contributed by atoms with E-state index in [4.69, 9.17) is 0 Å². The second-order valence-electron chi connectivity index (χ2n) is 5.47. The molecule has 2 rings (SSSR count). The van der Waals surface area contributed by atoms with E-state index in [2.05, 4.69) is 11.8 Å². The van der Waals surface area contributed by atoms with Gasteiger partial charge in [0.15, 0.2) is 5.78 Å². The first-order chi connectivity index (χ1) is 9.17. The van der Waals surface area contributed by atoms with Gasteiger partial charge in [0.1, 0.15) is 5.82 Å². The van der Waals surface area contributed by atoms with Crippen molar-refractivity contribution in [3.05, 3.63) is 35.6 Å². The number of nitrogens with zero attached hydrogens (tertiary/aromatic N) is 1. The van der Waals surface area contributed by atoms with Crippen molar-refractivity contribution >= 4 is 5.78 Å². The molecule has 0 saturated carbocycles. The van der Waals surface area contributed by atoms with Crippen molar-refractivity contribution in [1.29, 1.82) is 0 Å². The monoisotopic (exact) mass is 263 g/mol. The van der Waals surface area contributed by atoms with Gasteiger partial charge in [0.05, 0.1) is 6.54 Å². The largest absolute Gasteiger partial charge is 0.298 e. The lowest BCUT2D eigenvalue weighted by Crippen LogP contribution is -2.37. The van der Waals surface area contributed by atoms with E-state index in [1.165, 1.54) is 31.4 Å². The fourth-order valence-corrected chi connectivity index (χ4v) is 2.69. The maximum Gasteiger partial charge on any atom is 0.151 e. The molecule has 1 aromatic carbocycles. The third-order valence-electron chi connectivity index (χ3n) is 4.00. The van der Waals surface area contributed by atoms with Crippen LogP contribution in [0.1, 0.15) is 31.7 Å². The first-order valence-electron chi connectivity index (χ1n) is 7.16. The first kappa shape index (κ1) is 14.2. The average Bonchev–Trinajstić information content (AvgIpc) is 2.42. The lowest BCUT2D eigenvalue weighted by atomic mass is 9.94. The highest BCUT2D eigenvalue weighted by Gasteiger charge is 2.19. The molecule has 0 bridgehead atoms. The molecule has 0 aromatic heterocycles. The maximum absolute atomic E-state index is 12.8. The minimum absolute atomic E-state index is 0.224. The van der Waals surface area contributed by atoms with Gasteiger partial charge in [-0.2, -0.15) is 0 Å². The molecule has 1 aromatic rings. The van der Waals surface area contributed by atoms with Crippen molar-refractivity contribution in [1.82, 2.24) is 4.90 Å². The molecule has 0 spiro atoms. The zero-order valence-corrected chi connectivity index (χ0v) is 11.6. The highest BCUT2D eigenvalue weighted by molar-refractivity contribution is 5.82. The Labute approximate surface area is 114 Å². The Morgan fingerprint density at radius 2 is 1.89 bits per heavy atom. The zero-order chi connectivity index (χ0) is 13.7. The number of ketones is 1. The standard InChI is InChI=1S/C16H22FNO/c1-2-13-7-9-18(10-8-13)12-16(19)11-14-3-5-15(17)6-4-14/h3-6,13H,2,7-12H2,1H3.